The molecule has 0 heterocycles. The minimum Gasteiger partial charge on any atom is -0.495 e. The summed E-state index contributed by atoms with van der Waals surface area (Å²) in [5, 5.41) is 2.95. The number of halogens is 1. The molecule has 0 aliphatic rings. The average molecular weight is 348 g/mol. The molecule has 0 bridgehead atoms. The molecule has 124 valence electrons. The topological polar surface area (TPSA) is 72.5 Å². The zero-order valence-electron chi connectivity index (χ0n) is 12.9. The number of unbranched alkanes of at least 4 members (excludes halogenated alkanes) is 2. The number of hydrogen-bond acceptors (Lipinski definition) is 4. The Balaban J connectivity index is 2.57. The summed E-state index contributed by atoms with van der Waals surface area (Å²) in [5.41, 5.74) is 0. The van der Waals surface area contributed by atoms with E-state index in [-0.39, 0.29) is 28.0 Å². The summed E-state index contributed by atoms with van der Waals surface area (Å²) in [7, 11) is -2.08. The molecule has 0 radical (unpaired) electrons. The van der Waals surface area contributed by atoms with Crippen LogP contribution < -0.4 is 10.1 Å². The number of hydrogen-bond donors (Lipinski definition) is 1. The zero-order valence-corrected chi connectivity index (χ0v) is 14.5. The third-order valence-corrected chi connectivity index (χ3v) is 5.19. The molecule has 0 spiro atoms. The van der Waals surface area contributed by atoms with Gasteiger partial charge in [0.05, 0.1) is 22.8 Å². The van der Waals surface area contributed by atoms with Crippen molar-refractivity contribution in [3.05, 3.63) is 23.2 Å². The number of carbonyl (C=O) groups excluding carboxylic acids is 1. The second kappa shape index (κ2) is 9.00. The van der Waals surface area contributed by atoms with Crippen LogP contribution in [-0.4, -0.2) is 33.7 Å². The summed E-state index contributed by atoms with van der Waals surface area (Å²) in [6.07, 6.45) is 2.96. The lowest BCUT2D eigenvalue weighted by atomic mass is 10.2. The molecule has 1 amide bonds. The minimum absolute atomic E-state index is 0.0574. The molecule has 0 aromatic heterocycles. The van der Waals surface area contributed by atoms with Crippen LogP contribution in [0.15, 0.2) is 23.1 Å². The molecule has 1 aromatic rings. The molecule has 0 unspecified atom stereocenters. The van der Waals surface area contributed by atoms with E-state index in [0.29, 0.717) is 12.3 Å². The van der Waals surface area contributed by atoms with Crippen LogP contribution in [0.2, 0.25) is 5.02 Å². The Morgan fingerprint density at radius 1 is 1.32 bits per heavy atom. The molecule has 5 nitrogen and oxygen atoms in total. The van der Waals surface area contributed by atoms with Gasteiger partial charge < -0.3 is 10.1 Å². The Morgan fingerprint density at radius 3 is 2.64 bits per heavy atom. The van der Waals surface area contributed by atoms with Crippen LogP contribution in [0.5, 0.6) is 5.75 Å². The van der Waals surface area contributed by atoms with E-state index in [9.17, 15) is 13.2 Å². The predicted molar refractivity (Wildman–Crippen MR) is 87.2 cm³/mol. The largest absolute Gasteiger partial charge is 0.495 e. The van der Waals surface area contributed by atoms with Gasteiger partial charge in [-0.25, -0.2) is 8.42 Å². The van der Waals surface area contributed by atoms with E-state index >= 15 is 0 Å². The highest BCUT2D eigenvalue weighted by Crippen LogP contribution is 2.27. The highest BCUT2D eigenvalue weighted by atomic mass is 35.5. The van der Waals surface area contributed by atoms with Gasteiger partial charge in [-0.05, 0) is 24.6 Å². The van der Waals surface area contributed by atoms with Gasteiger partial charge in [0.25, 0.3) is 0 Å². The van der Waals surface area contributed by atoms with Gasteiger partial charge in [0, 0.05) is 13.0 Å². The first-order valence-electron chi connectivity index (χ1n) is 7.23. The lowest BCUT2D eigenvalue weighted by Crippen LogP contribution is -2.26. The van der Waals surface area contributed by atoms with Gasteiger partial charge in [-0.1, -0.05) is 31.4 Å². The minimum atomic E-state index is -3.54. The average Bonchev–Trinajstić information content (AvgIpc) is 2.49. The number of carbonyl (C=O) groups is 1. The Labute approximate surface area is 136 Å². The van der Waals surface area contributed by atoms with Crippen molar-refractivity contribution in [2.45, 2.75) is 37.5 Å². The van der Waals surface area contributed by atoms with Crippen LogP contribution in [-0.2, 0) is 14.6 Å². The number of nitrogens with one attached hydrogen (secondary N) is 1. The summed E-state index contributed by atoms with van der Waals surface area (Å²) in [6, 6.07) is 4.27. The first-order valence-corrected chi connectivity index (χ1v) is 9.26. The van der Waals surface area contributed by atoms with Crippen molar-refractivity contribution in [1.82, 2.24) is 5.32 Å². The molecular weight excluding hydrogens is 326 g/mol. The maximum atomic E-state index is 12.2. The summed E-state index contributed by atoms with van der Waals surface area (Å²) in [6.45, 7) is 2.66. The van der Waals surface area contributed by atoms with E-state index in [1.165, 1.54) is 25.3 Å². The van der Waals surface area contributed by atoms with E-state index in [1.54, 1.807) is 0 Å². The van der Waals surface area contributed by atoms with E-state index in [2.05, 4.69) is 12.2 Å². The van der Waals surface area contributed by atoms with Gasteiger partial charge in [-0.3, -0.25) is 4.79 Å². The van der Waals surface area contributed by atoms with Gasteiger partial charge >= 0.3 is 0 Å². The Hall–Kier alpha value is -1.27. The fourth-order valence-electron chi connectivity index (χ4n) is 1.88. The van der Waals surface area contributed by atoms with Crippen molar-refractivity contribution in [2.24, 2.45) is 0 Å². The van der Waals surface area contributed by atoms with Gasteiger partial charge in [-0.2, -0.15) is 0 Å². The van der Waals surface area contributed by atoms with Crippen LogP contribution >= 0.6 is 11.6 Å². The number of methoxy groups -OCH3 is 1. The maximum Gasteiger partial charge on any atom is 0.221 e. The van der Waals surface area contributed by atoms with E-state index < -0.39 is 9.84 Å². The van der Waals surface area contributed by atoms with Crippen LogP contribution in [0, 0.1) is 0 Å². The molecule has 1 aromatic carbocycles. The first kappa shape index (κ1) is 18.8. The Bertz CT molecular complexity index is 602. The van der Waals surface area contributed by atoms with Gasteiger partial charge in [-0.15, -0.1) is 0 Å². The Morgan fingerprint density at radius 2 is 2.05 bits per heavy atom. The number of benzene rings is 1. The van der Waals surface area contributed by atoms with Crippen LogP contribution in [0.4, 0.5) is 0 Å². The third-order valence-electron chi connectivity index (χ3n) is 3.18. The number of sulfone groups is 1. The number of amides is 1. The maximum absolute atomic E-state index is 12.2. The zero-order chi connectivity index (χ0) is 16.6. The van der Waals surface area contributed by atoms with Crippen molar-refractivity contribution in [3.63, 3.8) is 0 Å². The summed E-state index contributed by atoms with van der Waals surface area (Å²) in [5.74, 6) is -0.0801. The highest BCUT2D eigenvalue weighted by Gasteiger charge is 2.18. The molecule has 0 aliphatic carbocycles. The molecule has 1 N–H and O–H groups in total. The third kappa shape index (κ3) is 5.85. The highest BCUT2D eigenvalue weighted by molar-refractivity contribution is 7.91. The second-order valence-electron chi connectivity index (χ2n) is 4.92. The number of ether oxygens (including phenoxy) is 1. The van der Waals surface area contributed by atoms with E-state index in [4.69, 9.17) is 16.3 Å². The second-order valence-corrected chi connectivity index (χ2v) is 7.44. The van der Waals surface area contributed by atoms with Gasteiger partial charge in [0.1, 0.15) is 5.75 Å². The normalized spacial score (nSPS) is 11.2. The smallest absolute Gasteiger partial charge is 0.221 e. The van der Waals surface area contributed by atoms with E-state index in [1.807, 2.05) is 0 Å². The molecule has 0 fully saturated rings. The van der Waals surface area contributed by atoms with Crippen molar-refractivity contribution in [3.8, 4) is 5.75 Å². The van der Waals surface area contributed by atoms with Crippen molar-refractivity contribution in [1.29, 1.82) is 0 Å². The lowest BCUT2D eigenvalue weighted by molar-refractivity contribution is -0.120. The molecule has 0 atom stereocenters. The molecule has 0 aliphatic heterocycles. The fourth-order valence-corrected chi connectivity index (χ4v) is 3.46. The van der Waals surface area contributed by atoms with Crippen molar-refractivity contribution in [2.75, 3.05) is 19.4 Å². The van der Waals surface area contributed by atoms with Crippen molar-refractivity contribution >= 4 is 27.3 Å². The molecule has 22 heavy (non-hydrogen) atoms. The van der Waals surface area contributed by atoms with Gasteiger partial charge in [0.15, 0.2) is 9.84 Å². The summed E-state index contributed by atoms with van der Waals surface area (Å²) >= 11 is 5.93. The molecule has 0 saturated heterocycles. The standard InChI is InChI=1S/C15H22ClNO4S/c1-3-4-5-9-17-15(18)8-10-22(19,20)12-6-7-14(21-2)13(16)11-12/h6-7,11H,3-5,8-10H2,1-2H3,(H,17,18). The molecule has 0 saturated carbocycles. The lowest BCUT2D eigenvalue weighted by Gasteiger charge is -2.08. The van der Waals surface area contributed by atoms with Gasteiger partial charge in [0.2, 0.25) is 5.91 Å². The summed E-state index contributed by atoms with van der Waals surface area (Å²) < 4.78 is 29.4. The predicted octanol–water partition coefficient (Wildman–Crippen LogP) is 2.82. The monoisotopic (exact) mass is 347 g/mol. The first-order chi connectivity index (χ1) is 10.4. The Kier molecular flexibility index (Phi) is 7.68. The van der Waals surface area contributed by atoms with E-state index in [0.717, 1.165) is 19.3 Å². The quantitative estimate of drug-likeness (QED) is 0.697. The summed E-state index contributed by atoms with van der Waals surface area (Å²) in [4.78, 5) is 11.7. The van der Waals surface area contributed by atoms with Crippen LogP contribution in [0.25, 0.3) is 0 Å². The number of rotatable bonds is 9. The van der Waals surface area contributed by atoms with Crippen LogP contribution in [0.1, 0.15) is 32.6 Å². The van der Waals surface area contributed by atoms with Crippen LogP contribution in [0.3, 0.4) is 0 Å². The molecular formula is C15H22ClNO4S. The van der Waals surface area contributed by atoms with Crippen molar-refractivity contribution < 1.29 is 17.9 Å². The SMILES string of the molecule is CCCCCNC(=O)CCS(=O)(=O)c1ccc(OC)c(Cl)c1. The molecule has 7 heteroatoms. The fraction of sp³-hybridized carbons (Fsp3) is 0.533. The molecule has 1 rings (SSSR count).